The number of aryl methyl sites for hydroxylation is 2. The number of nitrogens with zero attached hydrogens (tertiary/aromatic N) is 2. The number of nitrogens with two attached hydrogens (primary N) is 2. The highest BCUT2D eigenvalue weighted by atomic mass is 16.6. The lowest BCUT2D eigenvalue weighted by molar-refractivity contribution is 0.0572. The first-order chi connectivity index (χ1) is 14.5. The fourth-order valence-electron chi connectivity index (χ4n) is 4.22. The van der Waals surface area contributed by atoms with Gasteiger partial charge in [-0.3, -0.25) is 4.90 Å². The molecule has 31 heavy (non-hydrogen) atoms. The quantitative estimate of drug-likeness (QED) is 0.665. The lowest BCUT2D eigenvalue weighted by atomic mass is 9.95. The standard InChI is InChI=1S/C25H36N4O2/c1-17-14-20(26)6-8-22(17)28-12-10-19(11-13-28)16-29(24(30)31-25(3,4)5)23-9-7-21(27)15-18(23)2/h6-9,14-15,19H,10-13,16,26-27H2,1-5H3. The summed E-state index contributed by atoms with van der Waals surface area (Å²) in [6.07, 6.45) is 1.71. The number of carbonyl (C=O) groups excluding carboxylic acids is 1. The molecular formula is C25H36N4O2. The fraction of sp³-hybridized carbons (Fsp3) is 0.480. The maximum Gasteiger partial charge on any atom is 0.414 e. The molecule has 0 atom stereocenters. The van der Waals surface area contributed by atoms with Gasteiger partial charge in [0.1, 0.15) is 5.60 Å². The average molecular weight is 425 g/mol. The van der Waals surface area contributed by atoms with Crippen molar-refractivity contribution >= 4 is 28.8 Å². The molecule has 0 bridgehead atoms. The van der Waals surface area contributed by atoms with Gasteiger partial charge in [0.15, 0.2) is 0 Å². The monoisotopic (exact) mass is 424 g/mol. The summed E-state index contributed by atoms with van der Waals surface area (Å²) < 4.78 is 5.73. The van der Waals surface area contributed by atoms with E-state index >= 15 is 0 Å². The van der Waals surface area contributed by atoms with Crippen molar-refractivity contribution in [2.45, 2.75) is 53.1 Å². The first-order valence-electron chi connectivity index (χ1n) is 11.0. The molecule has 2 aromatic rings. The minimum Gasteiger partial charge on any atom is -0.443 e. The summed E-state index contributed by atoms with van der Waals surface area (Å²) >= 11 is 0. The van der Waals surface area contributed by atoms with Gasteiger partial charge in [-0.05, 0) is 101 Å². The van der Waals surface area contributed by atoms with Crippen LogP contribution in [0.2, 0.25) is 0 Å². The highest BCUT2D eigenvalue weighted by Crippen LogP contribution is 2.30. The van der Waals surface area contributed by atoms with Gasteiger partial charge in [0.2, 0.25) is 0 Å². The maximum absolute atomic E-state index is 13.1. The van der Waals surface area contributed by atoms with Gasteiger partial charge in [-0.25, -0.2) is 4.79 Å². The summed E-state index contributed by atoms with van der Waals surface area (Å²) in [5.41, 5.74) is 17.1. The molecule has 0 radical (unpaired) electrons. The van der Waals surface area contributed by atoms with E-state index in [1.807, 2.05) is 58.0 Å². The Morgan fingerprint density at radius 1 is 1.03 bits per heavy atom. The molecule has 0 aliphatic carbocycles. The average Bonchev–Trinajstić information content (AvgIpc) is 2.66. The Morgan fingerprint density at radius 2 is 1.61 bits per heavy atom. The molecule has 1 amide bonds. The van der Waals surface area contributed by atoms with Crippen LogP contribution in [0.3, 0.4) is 0 Å². The highest BCUT2D eigenvalue weighted by Gasteiger charge is 2.29. The Labute approximate surface area is 186 Å². The molecule has 6 heteroatoms. The molecule has 0 saturated carbocycles. The Morgan fingerprint density at radius 3 is 2.16 bits per heavy atom. The van der Waals surface area contributed by atoms with Gasteiger partial charge in [-0.1, -0.05) is 0 Å². The molecular weight excluding hydrogens is 388 g/mol. The van der Waals surface area contributed by atoms with E-state index < -0.39 is 5.60 Å². The second kappa shape index (κ2) is 9.08. The van der Waals surface area contributed by atoms with Gasteiger partial charge in [0.05, 0.1) is 5.69 Å². The van der Waals surface area contributed by atoms with Crippen molar-refractivity contribution in [3.63, 3.8) is 0 Å². The van der Waals surface area contributed by atoms with Crippen LogP contribution in [-0.2, 0) is 4.74 Å². The van der Waals surface area contributed by atoms with E-state index in [-0.39, 0.29) is 6.09 Å². The zero-order valence-electron chi connectivity index (χ0n) is 19.4. The summed E-state index contributed by atoms with van der Waals surface area (Å²) in [4.78, 5) is 17.3. The van der Waals surface area contributed by atoms with Crippen molar-refractivity contribution in [3.05, 3.63) is 47.5 Å². The molecule has 0 aromatic heterocycles. The zero-order chi connectivity index (χ0) is 22.8. The second-order valence-electron chi connectivity index (χ2n) is 9.61. The molecule has 3 rings (SSSR count). The van der Waals surface area contributed by atoms with Crippen LogP contribution in [-0.4, -0.2) is 31.3 Å². The van der Waals surface area contributed by atoms with Gasteiger partial charge in [0.25, 0.3) is 0 Å². The van der Waals surface area contributed by atoms with Crippen molar-refractivity contribution < 1.29 is 9.53 Å². The van der Waals surface area contributed by atoms with E-state index in [9.17, 15) is 4.79 Å². The number of nitrogen functional groups attached to an aromatic ring is 2. The molecule has 1 fully saturated rings. The first-order valence-corrected chi connectivity index (χ1v) is 11.0. The smallest absolute Gasteiger partial charge is 0.414 e. The molecule has 2 aromatic carbocycles. The van der Waals surface area contributed by atoms with Crippen LogP contribution in [0.15, 0.2) is 36.4 Å². The van der Waals surface area contributed by atoms with E-state index in [0.717, 1.165) is 42.9 Å². The molecule has 1 saturated heterocycles. The van der Waals surface area contributed by atoms with E-state index in [1.165, 1.54) is 11.3 Å². The Kier molecular flexibility index (Phi) is 6.68. The Bertz CT molecular complexity index is 928. The van der Waals surface area contributed by atoms with Crippen LogP contribution in [0.1, 0.15) is 44.7 Å². The summed E-state index contributed by atoms with van der Waals surface area (Å²) in [6.45, 7) is 12.3. The lowest BCUT2D eigenvalue weighted by Gasteiger charge is -2.37. The largest absolute Gasteiger partial charge is 0.443 e. The minimum absolute atomic E-state index is 0.308. The SMILES string of the molecule is Cc1cc(N)ccc1N1CCC(CN(C(=O)OC(C)(C)C)c2ccc(N)cc2C)CC1. The predicted octanol–water partition coefficient (Wildman–Crippen LogP) is 5.13. The number of amides is 1. The van der Waals surface area contributed by atoms with Crippen molar-refractivity contribution in [2.75, 3.05) is 40.9 Å². The Hall–Kier alpha value is -2.89. The second-order valence-corrected chi connectivity index (χ2v) is 9.61. The van der Waals surface area contributed by atoms with Crippen LogP contribution in [0.25, 0.3) is 0 Å². The van der Waals surface area contributed by atoms with Crippen molar-refractivity contribution in [3.8, 4) is 0 Å². The molecule has 1 aliphatic rings. The normalized spacial score (nSPS) is 15.1. The zero-order valence-corrected chi connectivity index (χ0v) is 19.4. The highest BCUT2D eigenvalue weighted by molar-refractivity contribution is 5.89. The Balaban J connectivity index is 1.73. The lowest BCUT2D eigenvalue weighted by Crippen LogP contribution is -2.43. The van der Waals surface area contributed by atoms with Gasteiger partial charge in [-0.15, -0.1) is 0 Å². The topological polar surface area (TPSA) is 84.8 Å². The van der Waals surface area contributed by atoms with E-state index in [1.54, 1.807) is 4.90 Å². The number of hydrogen-bond donors (Lipinski definition) is 2. The molecule has 4 N–H and O–H groups in total. The molecule has 6 nitrogen and oxygen atoms in total. The van der Waals surface area contributed by atoms with Crippen molar-refractivity contribution in [1.82, 2.24) is 0 Å². The third-order valence-corrected chi connectivity index (χ3v) is 5.74. The van der Waals surface area contributed by atoms with Crippen LogP contribution >= 0.6 is 0 Å². The third-order valence-electron chi connectivity index (χ3n) is 5.74. The number of rotatable bonds is 4. The van der Waals surface area contributed by atoms with E-state index in [2.05, 4.69) is 17.9 Å². The van der Waals surface area contributed by atoms with E-state index in [0.29, 0.717) is 18.2 Å². The van der Waals surface area contributed by atoms with Crippen molar-refractivity contribution in [1.29, 1.82) is 0 Å². The van der Waals surface area contributed by atoms with E-state index in [4.69, 9.17) is 16.2 Å². The third kappa shape index (κ3) is 5.84. The molecule has 1 heterocycles. The predicted molar refractivity (Wildman–Crippen MR) is 130 cm³/mol. The molecule has 1 aliphatic heterocycles. The molecule has 0 unspecified atom stereocenters. The number of benzene rings is 2. The van der Waals surface area contributed by atoms with Crippen LogP contribution in [0, 0.1) is 19.8 Å². The molecule has 0 spiro atoms. The van der Waals surface area contributed by atoms with Gasteiger partial charge < -0.3 is 21.1 Å². The summed E-state index contributed by atoms with van der Waals surface area (Å²) in [5, 5.41) is 0. The minimum atomic E-state index is -0.549. The number of hydrogen-bond acceptors (Lipinski definition) is 5. The first kappa shape index (κ1) is 22.8. The maximum atomic E-state index is 13.1. The van der Waals surface area contributed by atoms with Crippen LogP contribution in [0.5, 0.6) is 0 Å². The number of anilines is 4. The number of ether oxygens (including phenoxy) is 1. The number of piperidine rings is 1. The number of carbonyl (C=O) groups is 1. The summed E-state index contributed by atoms with van der Waals surface area (Å²) in [5.74, 6) is 0.398. The van der Waals surface area contributed by atoms with Gasteiger partial charge in [0, 0.05) is 36.7 Å². The van der Waals surface area contributed by atoms with Crippen LogP contribution in [0.4, 0.5) is 27.5 Å². The summed E-state index contributed by atoms with van der Waals surface area (Å²) in [7, 11) is 0. The van der Waals surface area contributed by atoms with Crippen LogP contribution < -0.4 is 21.3 Å². The van der Waals surface area contributed by atoms with Gasteiger partial charge >= 0.3 is 6.09 Å². The fourth-order valence-corrected chi connectivity index (χ4v) is 4.22. The van der Waals surface area contributed by atoms with Gasteiger partial charge in [-0.2, -0.15) is 0 Å². The molecule has 168 valence electrons. The van der Waals surface area contributed by atoms with Crippen molar-refractivity contribution in [2.24, 2.45) is 5.92 Å². The summed E-state index contributed by atoms with van der Waals surface area (Å²) in [6, 6.07) is 11.8.